The summed E-state index contributed by atoms with van der Waals surface area (Å²) in [5, 5.41) is 0. The summed E-state index contributed by atoms with van der Waals surface area (Å²) in [5.74, 6) is -2.49. The van der Waals surface area contributed by atoms with Crippen molar-refractivity contribution in [1.82, 2.24) is 0 Å². The van der Waals surface area contributed by atoms with Gasteiger partial charge in [0.15, 0.2) is 0 Å². The first kappa shape index (κ1) is 29.0. The van der Waals surface area contributed by atoms with Crippen molar-refractivity contribution in [2.75, 3.05) is 26.4 Å². The Labute approximate surface area is 214 Å². The normalized spacial score (nSPS) is 10.2. The minimum absolute atomic E-state index is 0.0268. The van der Waals surface area contributed by atoms with Crippen molar-refractivity contribution < 1.29 is 42.5 Å². The van der Waals surface area contributed by atoms with Crippen LogP contribution in [0.4, 0.5) is 4.39 Å². The van der Waals surface area contributed by atoms with Crippen LogP contribution in [-0.4, -0.2) is 50.3 Å². The van der Waals surface area contributed by atoms with Crippen LogP contribution in [0.5, 0.6) is 0 Å². The molecule has 0 bridgehead atoms. The van der Waals surface area contributed by atoms with Crippen molar-refractivity contribution in [3.63, 3.8) is 0 Å². The lowest BCUT2D eigenvalue weighted by Gasteiger charge is -2.09. The van der Waals surface area contributed by atoms with Gasteiger partial charge in [0.05, 0.1) is 0 Å². The van der Waals surface area contributed by atoms with E-state index in [1.165, 1.54) is 6.07 Å². The molecule has 196 valence electrons. The van der Waals surface area contributed by atoms with Gasteiger partial charge >= 0.3 is 23.9 Å². The molecule has 0 spiro atoms. The predicted octanol–water partition coefficient (Wildman–Crippen LogP) is 3.90. The number of benzene rings is 2. The van der Waals surface area contributed by atoms with Crippen LogP contribution in [0, 0.1) is 5.82 Å². The van der Waals surface area contributed by atoms with Gasteiger partial charge in [0.1, 0.15) is 32.2 Å². The van der Waals surface area contributed by atoms with E-state index in [1.807, 2.05) is 12.1 Å². The Morgan fingerprint density at radius 2 is 1.14 bits per heavy atom. The molecule has 0 unspecified atom stereocenters. The maximum Gasteiger partial charge on any atom is 0.330 e. The summed E-state index contributed by atoms with van der Waals surface area (Å²) >= 11 is 0. The van der Waals surface area contributed by atoms with Gasteiger partial charge in [-0.15, -0.1) is 0 Å². The molecule has 0 saturated heterocycles. The van der Waals surface area contributed by atoms with Gasteiger partial charge in [-0.25, -0.2) is 14.0 Å². The number of aryl methyl sites for hydroxylation is 2. The molecule has 0 heterocycles. The molecule has 2 rings (SSSR count). The molecule has 0 saturated carbocycles. The summed E-state index contributed by atoms with van der Waals surface area (Å²) in [6.07, 6.45) is 3.01. The van der Waals surface area contributed by atoms with Crippen LogP contribution in [0.2, 0.25) is 0 Å². The highest BCUT2D eigenvalue weighted by Crippen LogP contribution is 2.25. The monoisotopic (exact) mass is 512 g/mol. The molecule has 0 aliphatic rings. The topological polar surface area (TPSA) is 105 Å². The second-order valence-electron chi connectivity index (χ2n) is 7.70. The zero-order valence-corrected chi connectivity index (χ0v) is 20.4. The number of esters is 4. The van der Waals surface area contributed by atoms with Crippen LogP contribution in [0.1, 0.15) is 24.0 Å². The number of halogens is 1. The van der Waals surface area contributed by atoms with Crippen molar-refractivity contribution >= 4 is 23.9 Å². The average molecular weight is 513 g/mol. The van der Waals surface area contributed by atoms with E-state index in [0.29, 0.717) is 29.5 Å². The van der Waals surface area contributed by atoms with Crippen molar-refractivity contribution in [1.29, 1.82) is 0 Å². The molecule has 37 heavy (non-hydrogen) atoms. The molecule has 0 aliphatic heterocycles. The zero-order chi connectivity index (χ0) is 27.0. The quantitative estimate of drug-likeness (QED) is 0.153. The third-order valence-corrected chi connectivity index (χ3v) is 5.05. The van der Waals surface area contributed by atoms with Gasteiger partial charge in [-0.3, -0.25) is 9.59 Å². The number of ether oxygens (including phenoxy) is 4. The lowest BCUT2D eigenvalue weighted by Crippen LogP contribution is -2.13. The smallest absolute Gasteiger partial charge is 0.330 e. The van der Waals surface area contributed by atoms with E-state index in [9.17, 15) is 23.6 Å². The van der Waals surface area contributed by atoms with Crippen LogP contribution in [-0.2, 0) is 51.0 Å². The highest BCUT2D eigenvalue weighted by Gasteiger charge is 2.10. The molecule has 0 aromatic heterocycles. The first-order valence-corrected chi connectivity index (χ1v) is 11.6. The minimum atomic E-state index is -0.594. The first-order valence-electron chi connectivity index (χ1n) is 11.6. The Hall–Kier alpha value is -4.27. The van der Waals surface area contributed by atoms with Crippen molar-refractivity contribution in [2.45, 2.75) is 25.7 Å². The molecular formula is C28H29FO8. The van der Waals surface area contributed by atoms with Crippen LogP contribution >= 0.6 is 0 Å². The summed E-state index contributed by atoms with van der Waals surface area (Å²) in [4.78, 5) is 45.5. The van der Waals surface area contributed by atoms with Crippen LogP contribution < -0.4 is 0 Å². The summed E-state index contributed by atoms with van der Waals surface area (Å²) in [6.45, 7) is 6.36. The Bertz CT molecular complexity index is 1110. The fourth-order valence-electron chi connectivity index (χ4n) is 3.15. The zero-order valence-electron chi connectivity index (χ0n) is 20.4. The van der Waals surface area contributed by atoms with E-state index in [0.717, 1.165) is 17.7 Å². The van der Waals surface area contributed by atoms with Crippen LogP contribution in [0.3, 0.4) is 0 Å². The molecule has 0 N–H and O–H groups in total. The van der Waals surface area contributed by atoms with Gasteiger partial charge in [0.2, 0.25) is 0 Å². The molecular weight excluding hydrogens is 483 g/mol. The van der Waals surface area contributed by atoms with Gasteiger partial charge in [-0.1, -0.05) is 49.6 Å². The molecule has 9 heteroatoms. The number of rotatable bonds is 15. The molecule has 0 atom stereocenters. The maximum absolute atomic E-state index is 14.7. The number of hydrogen-bond donors (Lipinski definition) is 0. The highest BCUT2D eigenvalue weighted by molar-refractivity contribution is 5.81. The Kier molecular flexibility index (Phi) is 12.3. The number of carbonyl (C=O) groups is 4. The molecule has 8 nitrogen and oxygen atoms in total. The summed E-state index contributed by atoms with van der Waals surface area (Å²) in [7, 11) is 0. The molecule has 0 radical (unpaired) electrons. The van der Waals surface area contributed by atoms with Crippen molar-refractivity contribution in [3.05, 3.63) is 84.7 Å². The third kappa shape index (κ3) is 10.9. The lowest BCUT2D eigenvalue weighted by atomic mass is 9.99. The van der Waals surface area contributed by atoms with E-state index in [2.05, 4.69) is 13.2 Å². The SMILES string of the molecule is C=CC(=O)OCCOC(=O)CCc1ccc(-c2ccc(CCC(=O)OCCOC(=O)C=C)cc2F)cc1. The van der Waals surface area contributed by atoms with Gasteiger partial charge in [0.25, 0.3) is 0 Å². The molecule has 0 aliphatic carbocycles. The molecule has 0 amide bonds. The van der Waals surface area contributed by atoms with Gasteiger partial charge in [0, 0.05) is 30.6 Å². The van der Waals surface area contributed by atoms with Gasteiger partial charge in [-0.2, -0.15) is 0 Å². The lowest BCUT2D eigenvalue weighted by molar-refractivity contribution is -0.149. The van der Waals surface area contributed by atoms with Gasteiger partial charge in [-0.05, 0) is 35.6 Å². The summed E-state index contributed by atoms with van der Waals surface area (Å²) in [5.41, 5.74) is 2.61. The fourth-order valence-corrected chi connectivity index (χ4v) is 3.15. The summed E-state index contributed by atoms with van der Waals surface area (Å²) in [6, 6.07) is 11.9. The Morgan fingerprint density at radius 3 is 1.62 bits per heavy atom. The Morgan fingerprint density at radius 1 is 0.676 bits per heavy atom. The summed E-state index contributed by atoms with van der Waals surface area (Å²) < 4.78 is 34.1. The highest BCUT2D eigenvalue weighted by atomic mass is 19.1. The van der Waals surface area contributed by atoms with E-state index in [1.54, 1.807) is 24.3 Å². The number of carbonyl (C=O) groups excluding carboxylic acids is 4. The van der Waals surface area contributed by atoms with E-state index < -0.39 is 29.7 Å². The average Bonchev–Trinajstić information content (AvgIpc) is 2.91. The Balaban J connectivity index is 1.77. The van der Waals surface area contributed by atoms with Crippen LogP contribution in [0.15, 0.2) is 67.8 Å². The second-order valence-corrected chi connectivity index (χ2v) is 7.70. The minimum Gasteiger partial charge on any atom is -0.462 e. The van der Waals surface area contributed by atoms with E-state index in [-0.39, 0.29) is 39.3 Å². The van der Waals surface area contributed by atoms with Crippen molar-refractivity contribution in [3.8, 4) is 11.1 Å². The fraction of sp³-hybridized carbons (Fsp3) is 0.286. The number of hydrogen-bond acceptors (Lipinski definition) is 8. The third-order valence-electron chi connectivity index (χ3n) is 5.05. The first-order chi connectivity index (χ1) is 17.8. The predicted molar refractivity (Wildman–Crippen MR) is 133 cm³/mol. The van der Waals surface area contributed by atoms with E-state index in [4.69, 9.17) is 18.9 Å². The maximum atomic E-state index is 14.7. The van der Waals surface area contributed by atoms with Crippen LogP contribution in [0.25, 0.3) is 11.1 Å². The van der Waals surface area contributed by atoms with Gasteiger partial charge < -0.3 is 18.9 Å². The standard InChI is InChI=1S/C28H29FO8/c1-3-25(30)34-15-17-36-27(32)13-8-20-5-10-22(11-6-20)23-12-7-21(19-24(23)29)9-14-28(33)37-18-16-35-26(31)4-2/h3-7,10-12,19H,1-2,8-9,13-18H2. The van der Waals surface area contributed by atoms with E-state index >= 15 is 0 Å². The molecule has 2 aromatic rings. The molecule has 0 fully saturated rings. The largest absolute Gasteiger partial charge is 0.462 e. The molecule has 2 aromatic carbocycles. The second kappa shape index (κ2) is 15.7. The van der Waals surface area contributed by atoms with Crippen molar-refractivity contribution in [2.24, 2.45) is 0 Å².